The number of likely N-dealkylation sites (N-methyl/N-ethyl adjacent to an activating group) is 1. The predicted octanol–water partition coefficient (Wildman–Crippen LogP) is 2.03. The lowest BCUT2D eigenvalue weighted by Crippen LogP contribution is -2.46. The van der Waals surface area contributed by atoms with Gasteiger partial charge >= 0.3 is 0 Å². The normalized spacial score (nSPS) is 38.6. The molecule has 3 atom stereocenters. The Hall–Kier alpha value is -0.0800. The van der Waals surface area contributed by atoms with Crippen LogP contribution < -0.4 is 5.32 Å². The van der Waals surface area contributed by atoms with Crippen molar-refractivity contribution in [1.29, 1.82) is 0 Å². The van der Waals surface area contributed by atoms with Gasteiger partial charge in [-0.05, 0) is 31.2 Å². The number of hydrogen-bond donors (Lipinski definition) is 2. The minimum atomic E-state index is -0.229. The molecular weight excluding hydrogens is 174 g/mol. The summed E-state index contributed by atoms with van der Waals surface area (Å²) in [4.78, 5) is 0. The molecule has 1 saturated carbocycles. The Morgan fingerprint density at radius 1 is 1.43 bits per heavy atom. The van der Waals surface area contributed by atoms with Gasteiger partial charge in [-0.2, -0.15) is 0 Å². The molecule has 0 saturated heterocycles. The minimum Gasteiger partial charge on any atom is -0.391 e. The summed E-state index contributed by atoms with van der Waals surface area (Å²) in [7, 11) is 1.90. The van der Waals surface area contributed by atoms with E-state index in [9.17, 15) is 5.11 Å². The predicted molar refractivity (Wildman–Crippen MR) is 60.2 cm³/mol. The highest BCUT2D eigenvalue weighted by Crippen LogP contribution is 2.57. The van der Waals surface area contributed by atoms with Crippen molar-refractivity contribution in [2.24, 2.45) is 16.7 Å². The first-order valence-electron chi connectivity index (χ1n) is 5.69. The van der Waals surface area contributed by atoms with E-state index in [1.54, 1.807) is 0 Å². The van der Waals surface area contributed by atoms with Crippen LogP contribution >= 0.6 is 0 Å². The molecule has 1 fully saturated rings. The maximum absolute atomic E-state index is 10.2. The van der Waals surface area contributed by atoms with Crippen molar-refractivity contribution in [3.8, 4) is 0 Å². The van der Waals surface area contributed by atoms with E-state index >= 15 is 0 Å². The number of hydrogen-bond acceptors (Lipinski definition) is 2. The zero-order valence-electron chi connectivity index (χ0n) is 10.2. The van der Waals surface area contributed by atoms with E-state index in [4.69, 9.17) is 0 Å². The summed E-state index contributed by atoms with van der Waals surface area (Å²) in [5, 5.41) is 13.3. The monoisotopic (exact) mass is 199 g/mol. The number of aliphatic hydroxyl groups is 1. The fourth-order valence-electron chi connectivity index (χ4n) is 2.78. The van der Waals surface area contributed by atoms with Crippen molar-refractivity contribution >= 4 is 0 Å². The van der Waals surface area contributed by atoms with Crippen molar-refractivity contribution in [3.05, 3.63) is 0 Å². The molecule has 14 heavy (non-hydrogen) atoms. The first-order chi connectivity index (χ1) is 6.36. The quantitative estimate of drug-likeness (QED) is 0.729. The molecule has 2 heteroatoms. The van der Waals surface area contributed by atoms with Gasteiger partial charge in [-0.1, -0.05) is 27.7 Å². The Bertz CT molecular complexity index is 202. The van der Waals surface area contributed by atoms with Crippen molar-refractivity contribution in [1.82, 2.24) is 5.32 Å². The molecule has 0 heterocycles. The topological polar surface area (TPSA) is 32.3 Å². The van der Waals surface area contributed by atoms with Crippen molar-refractivity contribution in [2.75, 3.05) is 13.6 Å². The van der Waals surface area contributed by atoms with Gasteiger partial charge in [-0.25, -0.2) is 0 Å². The van der Waals surface area contributed by atoms with Crippen molar-refractivity contribution < 1.29 is 5.11 Å². The molecule has 0 unspecified atom stereocenters. The third-order valence-corrected chi connectivity index (χ3v) is 4.93. The van der Waals surface area contributed by atoms with Gasteiger partial charge in [0.1, 0.15) is 0 Å². The van der Waals surface area contributed by atoms with Crippen LogP contribution in [0.3, 0.4) is 0 Å². The smallest absolute Gasteiger partial charge is 0.0723 e. The van der Waals surface area contributed by atoms with Gasteiger partial charge in [-0.3, -0.25) is 0 Å². The summed E-state index contributed by atoms with van der Waals surface area (Å²) < 4.78 is 0. The first kappa shape index (κ1) is 12.0. The number of rotatable bonds is 3. The third-order valence-electron chi connectivity index (χ3n) is 4.93. The Labute approximate surface area is 88.1 Å². The summed E-state index contributed by atoms with van der Waals surface area (Å²) in [6, 6.07) is 0. The maximum Gasteiger partial charge on any atom is 0.0723 e. The largest absolute Gasteiger partial charge is 0.391 e. The van der Waals surface area contributed by atoms with E-state index in [2.05, 4.69) is 33.0 Å². The summed E-state index contributed by atoms with van der Waals surface area (Å²) in [6.45, 7) is 9.83. The molecule has 2 N–H and O–H groups in total. The molecule has 0 aliphatic heterocycles. The zero-order chi connectivity index (χ0) is 11.0. The molecule has 1 aliphatic rings. The van der Waals surface area contributed by atoms with E-state index in [1.165, 1.54) is 6.42 Å². The van der Waals surface area contributed by atoms with E-state index < -0.39 is 0 Å². The third kappa shape index (κ3) is 1.59. The van der Waals surface area contributed by atoms with Gasteiger partial charge in [-0.15, -0.1) is 0 Å². The maximum atomic E-state index is 10.2. The molecule has 1 aliphatic carbocycles. The van der Waals surface area contributed by atoms with Crippen LogP contribution in [-0.2, 0) is 0 Å². The van der Waals surface area contributed by atoms with Crippen LogP contribution in [0.4, 0.5) is 0 Å². The molecule has 0 aromatic carbocycles. The molecule has 0 aromatic rings. The Morgan fingerprint density at radius 3 is 2.36 bits per heavy atom. The van der Waals surface area contributed by atoms with Crippen LogP contribution in [0.15, 0.2) is 0 Å². The van der Waals surface area contributed by atoms with Crippen LogP contribution in [0.25, 0.3) is 0 Å². The van der Waals surface area contributed by atoms with Crippen LogP contribution in [0.2, 0.25) is 0 Å². The molecule has 0 amide bonds. The molecule has 0 radical (unpaired) electrons. The van der Waals surface area contributed by atoms with Crippen molar-refractivity contribution in [2.45, 2.75) is 46.6 Å². The average Bonchev–Trinajstić information content (AvgIpc) is 2.31. The SMILES string of the molecule is CNC[C@@H](O)[C@@]1(C)CC[C@@H](C)C1(C)C. The Balaban J connectivity index is 2.83. The van der Waals surface area contributed by atoms with Gasteiger partial charge in [0.25, 0.3) is 0 Å². The minimum absolute atomic E-state index is 0.0649. The molecule has 0 spiro atoms. The second-order valence-corrected chi connectivity index (χ2v) is 5.65. The lowest BCUT2D eigenvalue weighted by Gasteiger charge is -2.44. The summed E-state index contributed by atoms with van der Waals surface area (Å²) in [6.07, 6.45) is 2.15. The van der Waals surface area contributed by atoms with Crippen LogP contribution in [0.5, 0.6) is 0 Å². The highest BCUT2D eigenvalue weighted by molar-refractivity contribution is 5.02. The Morgan fingerprint density at radius 2 is 2.00 bits per heavy atom. The number of nitrogens with one attached hydrogen (secondary N) is 1. The highest BCUT2D eigenvalue weighted by Gasteiger charge is 2.52. The van der Waals surface area contributed by atoms with E-state index in [0.717, 1.165) is 6.42 Å². The van der Waals surface area contributed by atoms with Crippen LogP contribution in [0, 0.1) is 16.7 Å². The second kappa shape index (κ2) is 3.82. The summed E-state index contributed by atoms with van der Waals surface area (Å²) >= 11 is 0. The fourth-order valence-corrected chi connectivity index (χ4v) is 2.78. The van der Waals surface area contributed by atoms with Crippen LogP contribution in [0.1, 0.15) is 40.5 Å². The lowest BCUT2D eigenvalue weighted by atomic mass is 9.63. The standard InChI is InChI=1S/C12H25NO/c1-9-6-7-12(4,11(9,2)3)10(14)8-13-5/h9-10,13-14H,6-8H2,1-5H3/t9-,10-,12-/m1/s1. The van der Waals surface area contributed by atoms with Gasteiger partial charge < -0.3 is 10.4 Å². The second-order valence-electron chi connectivity index (χ2n) is 5.65. The first-order valence-corrected chi connectivity index (χ1v) is 5.69. The van der Waals surface area contributed by atoms with Crippen LogP contribution in [-0.4, -0.2) is 24.8 Å². The molecule has 0 aromatic heterocycles. The van der Waals surface area contributed by atoms with Gasteiger partial charge in [0.2, 0.25) is 0 Å². The average molecular weight is 199 g/mol. The van der Waals surface area contributed by atoms with Crippen molar-refractivity contribution in [3.63, 3.8) is 0 Å². The Kier molecular flexibility index (Phi) is 3.27. The van der Waals surface area contributed by atoms with E-state index in [-0.39, 0.29) is 16.9 Å². The van der Waals surface area contributed by atoms with E-state index in [0.29, 0.717) is 12.5 Å². The molecule has 84 valence electrons. The van der Waals surface area contributed by atoms with Gasteiger partial charge in [0, 0.05) is 12.0 Å². The lowest BCUT2D eigenvalue weighted by molar-refractivity contribution is -0.0382. The molecule has 0 bridgehead atoms. The fraction of sp³-hybridized carbons (Fsp3) is 1.00. The van der Waals surface area contributed by atoms with Gasteiger partial charge in [0.05, 0.1) is 6.10 Å². The highest BCUT2D eigenvalue weighted by atomic mass is 16.3. The zero-order valence-corrected chi connectivity index (χ0v) is 10.2. The van der Waals surface area contributed by atoms with E-state index in [1.807, 2.05) is 7.05 Å². The molecule has 2 nitrogen and oxygen atoms in total. The summed E-state index contributed by atoms with van der Waals surface area (Å²) in [5.74, 6) is 0.707. The number of aliphatic hydroxyl groups excluding tert-OH is 1. The molecular formula is C12H25NO. The summed E-state index contributed by atoms with van der Waals surface area (Å²) in [5.41, 5.74) is 0.304. The molecule has 1 rings (SSSR count). The van der Waals surface area contributed by atoms with Gasteiger partial charge in [0.15, 0.2) is 0 Å².